The van der Waals surface area contributed by atoms with Gasteiger partial charge in [-0.25, -0.2) is 0 Å². The number of hydrogen-bond donors (Lipinski definition) is 1. The molecule has 0 spiro atoms. The summed E-state index contributed by atoms with van der Waals surface area (Å²) >= 11 is 0. The van der Waals surface area contributed by atoms with E-state index in [2.05, 4.69) is 61.3 Å². The number of likely N-dealkylation sites (N-methyl/N-ethyl adjacent to an activating group) is 1. The quantitative estimate of drug-likeness (QED) is 0.825. The zero-order valence-corrected chi connectivity index (χ0v) is 13.4. The number of anilines is 1. The van der Waals surface area contributed by atoms with E-state index >= 15 is 0 Å². The van der Waals surface area contributed by atoms with Crippen LogP contribution in [0.2, 0.25) is 0 Å². The predicted molar refractivity (Wildman–Crippen MR) is 87.3 cm³/mol. The van der Waals surface area contributed by atoms with Gasteiger partial charge in [0.15, 0.2) is 0 Å². The molecule has 1 aromatic rings. The molecule has 0 radical (unpaired) electrons. The molecule has 3 heteroatoms. The van der Waals surface area contributed by atoms with Crippen LogP contribution >= 0.6 is 0 Å². The van der Waals surface area contributed by atoms with Crippen LogP contribution in [0.1, 0.15) is 25.0 Å². The van der Waals surface area contributed by atoms with Crippen molar-refractivity contribution in [2.45, 2.75) is 26.8 Å². The molecule has 20 heavy (non-hydrogen) atoms. The minimum absolute atomic E-state index is 0.710. The smallest absolute Gasteiger partial charge is 0.0419 e. The summed E-state index contributed by atoms with van der Waals surface area (Å²) in [7, 11) is 4.30. The molecule has 0 unspecified atom stereocenters. The van der Waals surface area contributed by atoms with Gasteiger partial charge in [0.1, 0.15) is 0 Å². The summed E-state index contributed by atoms with van der Waals surface area (Å²) in [6.45, 7) is 10.2. The molecule has 0 bridgehead atoms. The average Bonchev–Trinajstić information content (AvgIpc) is 2.84. The third kappa shape index (κ3) is 4.22. The fourth-order valence-electron chi connectivity index (χ4n) is 2.88. The molecule has 0 atom stereocenters. The van der Waals surface area contributed by atoms with E-state index in [4.69, 9.17) is 0 Å². The van der Waals surface area contributed by atoms with Crippen LogP contribution < -0.4 is 5.32 Å². The number of rotatable bonds is 7. The van der Waals surface area contributed by atoms with E-state index in [-0.39, 0.29) is 0 Å². The fourth-order valence-corrected chi connectivity index (χ4v) is 2.88. The summed E-state index contributed by atoms with van der Waals surface area (Å²) in [5.74, 6) is 0.710. The molecular weight excluding hydrogens is 246 g/mol. The Bertz CT molecular complexity index is 426. The molecular formula is C17H29N3. The Labute approximate surface area is 124 Å². The zero-order chi connectivity index (χ0) is 14.5. The van der Waals surface area contributed by atoms with Crippen LogP contribution in [-0.2, 0) is 13.0 Å². The second-order valence-corrected chi connectivity index (χ2v) is 6.56. The number of fused-ring (bicyclic) bond motifs is 1. The van der Waals surface area contributed by atoms with E-state index in [1.807, 2.05) is 0 Å². The summed E-state index contributed by atoms with van der Waals surface area (Å²) < 4.78 is 0. The van der Waals surface area contributed by atoms with Gasteiger partial charge in [0.25, 0.3) is 0 Å². The fraction of sp³-hybridized carbons (Fsp3) is 0.647. The van der Waals surface area contributed by atoms with Gasteiger partial charge >= 0.3 is 0 Å². The standard InChI is InChI=1S/C17H29N3/c1-14(2)12-20(11-10-19(3)4)13-16-7-5-6-15-8-9-18-17(15)16/h5-7,14,18H,8-13H2,1-4H3. The molecule has 1 aromatic carbocycles. The first-order chi connectivity index (χ1) is 9.56. The first-order valence-corrected chi connectivity index (χ1v) is 7.78. The lowest BCUT2D eigenvalue weighted by Crippen LogP contribution is -2.34. The highest BCUT2D eigenvalue weighted by Crippen LogP contribution is 2.27. The van der Waals surface area contributed by atoms with Crippen molar-refractivity contribution in [1.29, 1.82) is 0 Å². The van der Waals surface area contributed by atoms with E-state index in [0.29, 0.717) is 5.92 Å². The third-order valence-corrected chi connectivity index (χ3v) is 3.81. The van der Waals surface area contributed by atoms with Crippen molar-refractivity contribution in [1.82, 2.24) is 9.80 Å². The van der Waals surface area contributed by atoms with Crippen molar-refractivity contribution in [3.63, 3.8) is 0 Å². The second kappa shape index (κ2) is 7.09. The molecule has 0 amide bonds. The van der Waals surface area contributed by atoms with Gasteiger partial charge in [-0.05, 0) is 37.6 Å². The van der Waals surface area contributed by atoms with Crippen molar-refractivity contribution in [2.24, 2.45) is 5.92 Å². The molecule has 1 N–H and O–H groups in total. The molecule has 0 fully saturated rings. The molecule has 112 valence electrons. The minimum Gasteiger partial charge on any atom is -0.384 e. The Morgan fingerprint density at radius 1 is 1.20 bits per heavy atom. The van der Waals surface area contributed by atoms with Gasteiger partial charge in [-0.15, -0.1) is 0 Å². The van der Waals surface area contributed by atoms with Gasteiger partial charge in [-0.2, -0.15) is 0 Å². The van der Waals surface area contributed by atoms with E-state index in [0.717, 1.165) is 32.7 Å². The maximum atomic E-state index is 3.56. The lowest BCUT2D eigenvalue weighted by Gasteiger charge is -2.26. The van der Waals surface area contributed by atoms with E-state index in [1.165, 1.54) is 23.2 Å². The monoisotopic (exact) mass is 275 g/mol. The molecule has 0 saturated heterocycles. The zero-order valence-electron chi connectivity index (χ0n) is 13.4. The second-order valence-electron chi connectivity index (χ2n) is 6.56. The van der Waals surface area contributed by atoms with Crippen molar-refractivity contribution >= 4 is 5.69 Å². The third-order valence-electron chi connectivity index (χ3n) is 3.81. The van der Waals surface area contributed by atoms with E-state index in [1.54, 1.807) is 0 Å². The Morgan fingerprint density at radius 2 is 2.00 bits per heavy atom. The Balaban J connectivity index is 2.05. The van der Waals surface area contributed by atoms with Gasteiger partial charge in [-0.3, -0.25) is 4.90 Å². The predicted octanol–water partition coefficient (Wildman–Crippen LogP) is 2.67. The van der Waals surface area contributed by atoms with Crippen LogP contribution in [-0.4, -0.2) is 50.1 Å². The van der Waals surface area contributed by atoms with Crippen molar-refractivity contribution in [2.75, 3.05) is 45.6 Å². The van der Waals surface area contributed by atoms with Crippen LogP contribution in [0.4, 0.5) is 5.69 Å². The summed E-state index contributed by atoms with van der Waals surface area (Å²) in [6, 6.07) is 6.74. The van der Waals surface area contributed by atoms with Crippen molar-refractivity contribution < 1.29 is 0 Å². The maximum absolute atomic E-state index is 3.56. The Morgan fingerprint density at radius 3 is 2.70 bits per heavy atom. The van der Waals surface area contributed by atoms with Gasteiger partial charge in [0, 0.05) is 38.4 Å². The van der Waals surface area contributed by atoms with Crippen molar-refractivity contribution in [3.05, 3.63) is 29.3 Å². The molecule has 3 nitrogen and oxygen atoms in total. The van der Waals surface area contributed by atoms with Gasteiger partial charge in [0.2, 0.25) is 0 Å². The van der Waals surface area contributed by atoms with Crippen LogP contribution in [0.25, 0.3) is 0 Å². The highest BCUT2D eigenvalue weighted by Gasteiger charge is 2.16. The largest absolute Gasteiger partial charge is 0.384 e. The molecule has 0 saturated carbocycles. The SMILES string of the molecule is CC(C)CN(CCN(C)C)Cc1cccc2c1NCC2. The highest BCUT2D eigenvalue weighted by atomic mass is 15.2. The average molecular weight is 275 g/mol. The topological polar surface area (TPSA) is 18.5 Å². The van der Waals surface area contributed by atoms with Crippen LogP contribution in [0.15, 0.2) is 18.2 Å². The number of nitrogens with one attached hydrogen (secondary N) is 1. The minimum atomic E-state index is 0.710. The lowest BCUT2D eigenvalue weighted by atomic mass is 10.1. The molecule has 1 aliphatic rings. The first kappa shape index (κ1) is 15.3. The Hall–Kier alpha value is -1.06. The first-order valence-electron chi connectivity index (χ1n) is 7.78. The molecule has 0 aliphatic carbocycles. The van der Waals surface area contributed by atoms with Gasteiger partial charge in [0.05, 0.1) is 0 Å². The molecule has 0 aromatic heterocycles. The number of nitrogens with zero attached hydrogens (tertiary/aromatic N) is 2. The van der Waals surface area contributed by atoms with Gasteiger partial charge in [-0.1, -0.05) is 32.0 Å². The van der Waals surface area contributed by atoms with Gasteiger partial charge < -0.3 is 10.2 Å². The van der Waals surface area contributed by atoms with E-state index < -0.39 is 0 Å². The van der Waals surface area contributed by atoms with Crippen LogP contribution in [0.5, 0.6) is 0 Å². The van der Waals surface area contributed by atoms with Crippen molar-refractivity contribution in [3.8, 4) is 0 Å². The molecule has 1 aliphatic heterocycles. The highest BCUT2D eigenvalue weighted by molar-refractivity contribution is 5.61. The maximum Gasteiger partial charge on any atom is 0.0419 e. The van der Waals surface area contributed by atoms with Crippen LogP contribution in [0.3, 0.4) is 0 Å². The lowest BCUT2D eigenvalue weighted by molar-refractivity contribution is 0.212. The molecule has 1 heterocycles. The number of benzene rings is 1. The van der Waals surface area contributed by atoms with Crippen LogP contribution in [0, 0.1) is 5.92 Å². The summed E-state index contributed by atoms with van der Waals surface area (Å²) in [5, 5.41) is 3.56. The molecule has 2 rings (SSSR count). The normalized spacial score (nSPS) is 14.2. The summed E-state index contributed by atoms with van der Waals surface area (Å²) in [4.78, 5) is 4.85. The summed E-state index contributed by atoms with van der Waals surface area (Å²) in [5.41, 5.74) is 4.34. The Kier molecular flexibility index (Phi) is 5.44. The number of para-hydroxylation sites is 1. The number of hydrogen-bond acceptors (Lipinski definition) is 3. The van der Waals surface area contributed by atoms with E-state index in [9.17, 15) is 0 Å². The summed E-state index contributed by atoms with van der Waals surface area (Å²) in [6.07, 6.45) is 1.17.